The third-order valence-corrected chi connectivity index (χ3v) is 3.78. The standard InChI is InChI=1S/C15H17N3O2/c1-9-14(15(19)20)10(2)18(17-9)12-5-6-13-11(8-12)4-3-7-16-13/h5-6,8,16H,3-4,7H2,1-2H3,(H,19,20). The number of hydrogen-bond donors (Lipinski definition) is 2. The van der Waals surface area contributed by atoms with E-state index in [9.17, 15) is 9.90 Å². The quantitative estimate of drug-likeness (QED) is 0.881. The van der Waals surface area contributed by atoms with Gasteiger partial charge in [0.15, 0.2) is 0 Å². The number of carboxylic acid groups (broad SMARTS) is 1. The first-order chi connectivity index (χ1) is 9.58. The van der Waals surface area contributed by atoms with Crippen molar-refractivity contribution >= 4 is 11.7 Å². The highest BCUT2D eigenvalue weighted by Crippen LogP contribution is 2.26. The number of aryl methyl sites for hydroxylation is 2. The number of carboxylic acids is 1. The summed E-state index contributed by atoms with van der Waals surface area (Å²) in [7, 11) is 0. The van der Waals surface area contributed by atoms with Crippen molar-refractivity contribution in [3.8, 4) is 5.69 Å². The summed E-state index contributed by atoms with van der Waals surface area (Å²) in [6.07, 6.45) is 2.16. The maximum atomic E-state index is 11.3. The minimum absolute atomic E-state index is 0.292. The number of rotatable bonds is 2. The van der Waals surface area contributed by atoms with Crippen molar-refractivity contribution in [1.29, 1.82) is 0 Å². The maximum absolute atomic E-state index is 11.3. The average Bonchev–Trinajstić information content (AvgIpc) is 2.73. The van der Waals surface area contributed by atoms with Gasteiger partial charge in [-0.15, -0.1) is 0 Å². The van der Waals surface area contributed by atoms with E-state index in [0.717, 1.165) is 25.1 Å². The number of benzene rings is 1. The van der Waals surface area contributed by atoms with Crippen molar-refractivity contribution in [2.75, 3.05) is 11.9 Å². The molecule has 0 atom stereocenters. The Hall–Kier alpha value is -2.30. The van der Waals surface area contributed by atoms with Gasteiger partial charge in [0.25, 0.3) is 0 Å². The third kappa shape index (κ3) is 1.95. The van der Waals surface area contributed by atoms with Crippen LogP contribution in [0.3, 0.4) is 0 Å². The molecule has 0 aliphatic carbocycles. The van der Waals surface area contributed by atoms with Crippen LogP contribution in [-0.2, 0) is 6.42 Å². The topological polar surface area (TPSA) is 67.2 Å². The number of nitrogens with zero attached hydrogens (tertiary/aromatic N) is 2. The average molecular weight is 271 g/mol. The van der Waals surface area contributed by atoms with E-state index in [1.807, 2.05) is 12.1 Å². The van der Waals surface area contributed by atoms with Gasteiger partial charge in [0.05, 0.1) is 17.1 Å². The first kappa shape index (κ1) is 12.7. The number of nitrogens with one attached hydrogen (secondary N) is 1. The summed E-state index contributed by atoms with van der Waals surface area (Å²) in [6.45, 7) is 4.53. The predicted molar refractivity (Wildman–Crippen MR) is 76.8 cm³/mol. The van der Waals surface area contributed by atoms with Crippen molar-refractivity contribution in [3.63, 3.8) is 0 Å². The van der Waals surface area contributed by atoms with E-state index in [4.69, 9.17) is 0 Å². The Balaban J connectivity index is 2.10. The molecular weight excluding hydrogens is 254 g/mol. The minimum Gasteiger partial charge on any atom is -0.478 e. The van der Waals surface area contributed by atoms with Gasteiger partial charge in [-0.3, -0.25) is 0 Å². The summed E-state index contributed by atoms with van der Waals surface area (Å²) >= 11 is 0. The molecule has 0 spiro atoms. The van der Waals surface area contributed by atoms with E-state index >= 15 is 0 Å². The normalized spacial score (nSPS) is 13.7. The molecule has 1 aromatic heterocycles. The molecule has 5 heteroatoms. The summed E-state index contributed by atoms with van der Waals surface area (Å²) in [6, 6.07) is 6.11. The van der Waals surface area contributed by atoms with E-state index < -0.39 is 5.97 Å². The molecular formula is C15H17N3O2. The summed E-state index contributed by atoms with van der Waals surface area (Å²) in [4.78, 5) is 11.3. The molecule has 0 unspecified atom stereocenters. The van der Waals surface area contributed by atoms with Crippen molar-refractivity contribution in [1.82, 2.24) is 9.78 Å². The molecule has 1 aliphatic heterocycles. The lowest BCUT2D eigenvalue weighted by Gasteiger charge is -2.19. The Morgan fingerprint density at radius 2 is 2.20 bits per heavy atom. The Morgan fingerprint density at radius 3 is 2.90 bits per heavy atom. The van der Waals surface area contributed by atoms with Gasteiger partial charge in [-0.05, 0) is 50.5 Å². The molecule has 0 radical (unpaired) electrons. The number of aromatic carboxylic acids is 1. The second-order valence-electron chi connectivity index (χ2n) is 5.13. The molecule has 1 aliphatic rings. The van der Waals surface area contributed by atoms with Crippen LogP contribution in [-0.4, -0.2) is 27.4 Å². The Morgan fingerprint density at radius 1 is 1.40 bits per heavy atom. The van der Waals surface area contributed by atoms with Crippen LogP contribution in [0.15, 0.2) is 18.2 Å². The molecule has 5 nitrogen and oxygen atoms in total. The van der Waals surface area contributed by atoms with Crippen molar-refractivity contribution in [2.45, 2.75) is 26.7 Å². The first-order valence-corrected chi connectivity index (χ1v) is 6.74. The maximum Gasteiger partial charge on any atom is 0.339 e. The molecule has 2 aromatic rings. The van der Waals surface area contributed by atoms with Crippen molar-refractivity contribution in [2.24, 2.45) is 0 Å². The number of aromatic nitrogens is 2. The number of hydrogen-bond acceptors (Lipinski definition) is 3. The zero-order chi connectivity index (χ0) is 14.3. The number of anilines is 1. The molecule has 2 N–H and O–H groups in total. The van der Waals surface area contributed by atoms with Crippen LogP contribution < -0.4 is 5.32 Å². The van der Waals surface area contributed by atoms with Crippen LogP contribution in [0.4, 0.5) is 5.69 Å². The zero-order valence-corrected chi connectivity index (χ0v) is 11.6. The van der Waals surface area contributed by atoms with Crippen LogP contribution >= 0.6 is 0 Å². The van der Waals surface area contributed by atoms with Crippen LogP contribution in [0.5, 0.6) is 0 Å². The monoisotopic (exact) mass is 271 g/mol. The predicted octanol–water partition coefficient (Wildman–Crippen LogP) is 2.55. The SMILES string of the molecule is Cc1nn(-c2ccc3c(c2)CCCN3)c(C)c1C(=O)O. The molecule has 1 aromatic carbocycles. The molecule has 0 saturated carbocycles. The van der Waals surface area contributed by atoms with Gasteiger partial charge in [-0.25, -0.2) is 9.48 Å². The van der Waals surface area contributed by atoms with Gasteiger partial charge < -0.3 is 10.4 Å². The fraction of sp³-hybridized carbons (Fsp3) is 0.333. The Bertz CT molecular complexity index is 689. The lowest BCUT2D eigenvalue weighted by atomic mass is 10.0. The summed E-state index contributed by atoms with van der Waals surface area (Å²) in [5.74, 6) is -0.925. The Kier molecular flexibility index (Phi) is 2.97. The van der Waals surface area contributed by atoms with Crippen LogP contribution in [0.2, 0.25) is 0 Å². The first-order valence-electron chi connectivity index (χ1n) is 6.74. The van der Waals surface area contributed by atoms with Gasteiger partial charge in [-0.2, -0.15) is 5.10 Å². The minimum atomic E-state index is -0.925. The second kappa shape index (κ2) is 4.67. The van der Waals surface area contributed by atoms with E-state index in [1.54, 1.807) is 18.5 Å². The molecule has 2 heterocycles. The Labute approximate surface area is 117 Å². The molecule has 0 bridgehead atoms. The van der Waals surface area contributed by atoms with Gasteiger partial charge in [0.1, 0.15) is 5.56 Å². The van der Waals surface area contributed by atoms with E-state index in [0.29, 0.717) is 17.0 Å². The molecule has 104 valence electrons. The molecule has 0 saturated heterocycles. The highest BCUT2D eigenvalue weighted by molar-refractivity contribution is 5.90. The highest BCUT2D eigenvalue weighted by Gasteiger charge is 2.19. The molecule has 3 rings (SSSR count). The number of fused-ring (bicyclic) bond motifs is 1. The molecule has 0 fully saturated rings. The van der Waals surface area contributed by atoms with E-state index in [1.165, 1.54) is 11.3 Å². The van der Waals surface area contributed by atoms with Crippen molar-refractivity contribution in [3.05, 3.63) is 40.7 Å². The van der Waals surface area contributed by atoms with Gasteiger partial charge in [0.2, 0.25) is 0 Å². The summed E-state index contributed by atoms with van der Waals surface area (Å²) in [5.41, 5.74) is 4.85. The zero-order valence-electron chi connectivity index (χ0n) is 11.6. The second-order valence-corrected chi connectivity index (χ2v) is 5.13. The van der Waals surface area contributed by atoms with Gasteiger partial charge in [0, 0.05) is 12.2 Å². The fourth-order valence-electron chi connectivity index (χ4n) is 2.80. The fourth-order valence-corrected chi connectivity index (χ4v) is 2.80. The van der Waals surface area contributed by atoms with Crippen molar-refractivity contribution < 1.29 is 9.90 Å². The highest BCUT2D eigenvalue weighted by atomic mass is 16.4. The lowest BCUT2D eigenvalue weighted by molar-refractivity contribution is 0.0695. The summed E-state index contributed by atoms with van der Waals surface area (Å²) in [5, 5.41) is 17.0. The van der Waals surface area contributed by atoms with Crippen LogP contribution in [0.25, 0.3) is 5.69 Å². The third-order valence-electron chi connectivity index (χ3n) is 3.78. The lowest BCUT2D eigenvalue weighted by Crippen LogP contribution is -2.12. The van der Waals surface area contributed by atoms with Crippen LogP contribution in [0.1, 0.15) is 33.7 Å². The number of carbonyl (C=O) groups is 1. The smallest absolute Gasteiger partial charge is 0.339 e. The van der Waals surface area contributed by atoms with E-state index in [2.05, 4.69) is 16.5 Å². The van der Waals surface area contributed by atoms with E-state index in [-0.39, 0.29) is 0 Å². The molecule has 0 amide bonds. The largest absolute Gasteiger partial charge is 0.478 e. The molecule has 20 heavy (non-hydrogen) atoms. The summed E-state index contributed by atoms with van der Waals surface area (Å²) < 4.78 is 1.72. The van der Waals surface area contributed by atoms with Gasteiger partial charge in [-0.1, -0.05) is 0 Å². The van der Waals surface area contributed by atoms with Gasteiger partial charge >= 0.3 is 5.97 Å². The van der Waals surface area contributed by atoms with Crippen LogP contribution in [0, 0.1) is 13.8 Å².